The zero-order chi connectivity index (χ0) is 19.6. The van der Waals surface area contributed by atoms with Gasteiger partial charge in [-0.25, -0.2) is 4.79 Å². The predicted molar refractivity (Wildman–Crippen MR) is 105 cm³/mol. The van der Waals surface area contributed by atoms with Crippen LogP contribution in [0.5, 0.6) is 11.5 Å². The summed E-state index contributed by atoms with van der Waals surface area (Å²) in [4.78, 5) is 18.9. The molecule has 0 spiro atoms. The maximum Gasteiger partial charge on any atom is 0.324 e. The van der Waals surface area contributed by atoms with Crippen molar-refractivity contribution in [3.05, 3.63) is 54.4 Å². The number of hydrogen-bond donors (Lipinski definition) is 1. The molecule has 3 aromatic rings. The second-order valence-corrected chi connectivity index (χ2v) is 7.02. The fraction of sp³-hybridized carbons (Fsp3) is 0.286. The molecule has 148 valence electrons. The molecule has 0 atom stereocenters. The molecule has 2 aliphatic rings. The third-order valence-corrected chi connectivity index (χ3v) is 4.89. The molecule has 0 saturated heterocycles. The van der Waals surface area contributed by atoms with Gasteiger partial charge < -0.3 is 18.9 Å². The Morgan fingerprint density at radius 2 is 2.03 bits per heavy atom. The van der Waals surface area contributed by atoms with E-state index in [0.29, 0.717) is 37.0 Å². The highest BCUT2D eigenvalue weighted by molar-refractivity contribution is 5.89. The first kappa shape index (κ1) is 17.5. The summed E-state index contributed by atoms with van der Waals surface area (Å²) >= 11 is 0. The predicted octanol–water partition coefficient (Wildman–Crippen LogP) is 3.70. The maximum atomic E-state index is 12.8. The molecule has 29 heavy (non-hydrogen) atoms. The number of urea groups is 1. The van der Waals surface area contributed by atoms with E-state index in [9.17, 15) is 4.79 Å². The molecule has 1 aliphatic heterocycles. The molecule has 0 bridgehead atoms. The fourth-order valence-electron chi connectivity index (χ4n) is 3.33. The van der Waals surface area contributed by atoms with Gasteiger partial charge in [0, 0.05) is 23.9 Å². The molecule has 8 heteroatoms. The van der Waals surface area contributed by atoms with Gasteiger partial charge in [0.2, 0.25) is 5.88 Å². The number of amides is 2. The number of rotatable bonds is 5. The smallest absolute Gasteiger partial charge is 0.324 e. The summed E-state index contributed by atoms with van der Waals surface area (Å²) in [5.74, 6) is 1.60. The van der Waals surface area contributed by atoms with Crippen LogP contribution in [0.3, 0.4) is 0 Å². The van der Waals surface area contributed by atoms with Crippen LogP contribution in [0.4, 0.5) is 10.7 Å². The molecule has 5 rings (SSSR count). The average Bonchev–Trinajstić information content (AvgIpc) is 3.50. The fourth-order valence-corrected chi connectivity index (χ4v) is 3.33. The number of aromatic nitrogens is 2. The Kier molecular flexibility index (Phi) is 4.51. The van der Waals surface area contributed by atoms with Crippen LogP contribution in [0.2, 0.25) is 0 Å². The number of hydrogen-bond acceptors (Lipinski definition) is 6. The third-order valence-electron chi connectivity index (χ3n) is 4.89. The summed E-state index contributed by atoms with van der Waals surface area (Å²) in [7, 11) is 0. The van der Waals surface area contributed by atoms with Crippen molar-refractivity contribution in [3.63, 3.8) is 0 Å². The summed E-state index contributed by atoms with van der Waals surface area (Å²) in [6.07, 6.45) is 3.72. The van der Waals surface area contributed by atoms with Crippen LogP contribution in [0.1, 0.15) is 18.5 Å². The van der Waals surface area contributed by atoms with E-state index in [1.54, 1.807) is 17.2 Å². The lowest BCUT2D eigenvalue weighted by atomic mass is 10.1. The van der Waals surface area contributed by atoms with Gasteiger partial charge in [0.1, 0.15) is 18.9 Å². The summed E-state index contributed by atoms with van der Waals surface area (Å²) in [5, 5.41) is 6.91. The lowest BCUT2D eigenvalue weighted by Crippen LogP contribution is -2.36. The standard InChI is InChI=1S/C21H20N4O4/c26-21(25(15-7-8-15)13-14-4-1-2-9-22-14)23-19-12-17(24-29-19)16-5-3-6-18-20(16)28-11-10-27-18/h1-6,9,12,15H,7-8,10-11,13H2,(H,23,26). The summed E-state index contributed by atoms with van der Waals surface area (Å²) < 4.78 is 16.7. The van der Waals surface area contributed by atoms with Gasteiger partial charge in [-0.1, -0.05) is 17.3 Å². The molecule has 1 N–H and O–H groups in total. The minimum atomic E-state index is -0.226. The van der Waals surface area contributed by atoms with E-state index in [1.807, 2.05) is 36.4 Å². The molecule has 8 nitrogen and oxygen atoms in total. The average molecular weight is 392 g/mol. The molecule has 3 heterocycles. The third kappa shape index (κ3) is 3.73. The largest absolute Gasteiger partial charge is 0.486 e. The van der Waals surface area contributed by atoms with E-state index in [4.69, 9.17) is 14.0 Å². The van der Waals surface area contributed by atoms with Gasteiger partial charge in [-0.2, -0.15) is 0 Å². The van der Waals surface area contributed by atoms with Gasteiger partial charge in [0.15, 0.2) is 11.5 Å². The first-order chi connectivity index (χ1) is 14.3. The normalized spacial score (nSPS) is 15.0. The van der Waals surface area contributed by atoms with Gasteiger partial charge in [-0.3, -0.25) is 10.3 Å². The lowest BCUT2D eigenvalue weighted by Gasteiger charge is -2.21. The SMILES string of the molecule is O=C(Nc1cc(-c2cccc3c2OCCO3)no1)N(Cc1ccccn1)C1CC1. The number of benzene rings is 1. The highest BCUT2D eigenvalue weighted by Crippen LogP contribution is 2.40. The molecule has 1 fully saturated rings. The minimum absolute atomic E-state index is 0.226. The first-order valence-corrected chi connectivity index (χ1v) is 9.61. The van der Waals surface area contributed by atoms with Gasteiger partial charge in [-0.15, -0.1) is 0 Å². The molecule has 0 unspecified atom stereocenters. The Morgan fingerprint density at radius 1 is 1.14 bits per heavy atom. The van der Waals surface area contributed by atoms with Crippen molar-refractivity contribution in [2.24, 2.45) is 0 Å². The van der Waals surface area contributed by atoms with E-state index in [0.717, 1.165) is 24.1 Å². The van der Waals surface area contributed by atoms with Crippen LogP contribution in [0, 0.1) is 0 Å². The lowest BCUT2D eigenvalue weighted by molar-refractivity contribution is 0.172. The molecular formula is C21H20N4O4. The number of anilines is 1. The first-order valence-electron chi connectivity index (χ1n) is 9.61. The van der Waals surface area contributed by atoms with Crippen LogP contribution < -0.4 is 14.8 Å². The Bertz CT molecular complexity index is 1020. The second kappa shape index (κ2) is 7.46. The number of ether oxygens (including phenoxy) is 2. The Morgan fingerprint density at radius 3 is 2.86 bits per heavy atom. The maximum absolute atomic E-state index is 12.8. The summed E-state index contributed by atoms with van der Waals surface area (Å²) in [6.45, 7) is 1.45. The van der Waals surface area contributed by atoms with Crippen molar-refractivity contribution in [2.75, 3.05) is 18.5 Å². The zero-order valence-corrected chi connectivity index (χ0v) is 15.7. The zero-order valence-electron chi connectivity index (χ0n) is 15.7. The van der Waals surface area contributed by atoms with Crippen molar-refractivity contribution >= 4 is 11.9 Å². The van der Waals surface area contributed by atoms with E-state index in [-0.39, 0.29) is 18.0 Å². The Labute approximate surface area is 167 Å². The topological polar surface area (TPSA) is 89.7 Å². The highest BCUT2D eigenvalue weighted by Gasteiger charge is 2.33. The molecular weight excluding hydrogens is 372 g/mol. The summed E-state index contributed by atoms with van der Waals surface area (Å²) in [6, 6.07) is 13.0. The van der Waals surface area contributed by atoms with E-state index >= 15 is 0 Å². The van der Waals surface area contributed by atoms with Crippen molar-refractivity contribution in [1.82, 2.24) is 15.0 Å². The molecule has 1 saturated carbocycles. The number of nitrogens with one attached hydrogen (secondary N) is 1. The number of fused-ring (bicyclic) bond motifs is 1. The highest BCUT2D eigenvalue weighted by atomic mass is 16.6. The van der Waals surface area contributed by atoms with Crippen molar-refractivity contribution in [2.45, 2.75) is 25.4 Å². The number of pyridine rings is 1. The Balaban J connectivity index is 1.33. The number of nitrogens with zero attached hydrogens (tertiary/aromatic N) is 3. The van der Waals surface area contributed by atoms with Crippen LogP contribution in [0.15, 0.2) is 53.2 Å². The minimum Gasteiger partial charge on any atom is -0.486 e. The van der Waals surface area contributed by atoms with Crippen LogP contribution in [-0.2, 0) is 6.54 Å². The number of carbonyl (C=O) groups excluding carboxylic acids is 1. The molecule has 1 aliphatic carbocycles. The van der Waals surface area contributed by atoms with Crippen LogP contribution >= 0.6 is 0 Å². The van der Waals surface area contributed by atoms with Crippen LogP contribution in [-0.4, -0.2) is 40.3 Å². The number of para-hydroxylation sites is 1. The van der Waals surface area contributed by atoms with Crippen molar-refractivity contribution in [3.8, 4) is 22.8 Å². The van der Waals surface area contributed by atoms with Gasteiger partial charge >= 0.3 is 6.03 Å². The molecule has 0 radical (unpaired) electrons. The molecule has 2 amide bonds. The molecule has 1 aromatic carbocycles. The summed E-state index contributed by atoms with van der Waals surface area (Å²) in [5.41, 5.74) is 2.19. The van der Waals surface area contributed by atoms with E-state index < -0.39 is 0 Å². The van der Waals surface area contributed by atoms with Gasteiger partial charge in [0.25, 0.3) is 0 Å². The monoisotopic (exact) mass is 392 g/mol. The van der Waals surface area contributed by atoms with E-state index in [1.165, 1.54) is 0 Å². The van der Waals surface area contributed by atoms with Gasteiger partial charge in [-0.05, 0) is 37.1 Å². The van der Waals surface area contributed by atoms with Crippen molar-refractivity contribution < 1.29 is 18.8 Å². The quantitative estimate of drug-likeness (QED) is 0.712. The van der Waals surface area contributed by atoms with E-state index in [2.05, 4.69) is 15.5 Å². The van der Waals surface area contributed by atoms with Crippen molar-refractivity contribution in [1.29, 1.82) is 0 Å². The molecule has 2 aromatic heterocycles. The van der Waals surface area contributed by atoms with Gasteiger partial charge in [0.05, 0.1) is 12.2 Å². The Hall–Kier alpha value is -3.55. The second-order valence-electron chi connectivity index (χ2n) is 7.02. The number of carbonyl (C=O) groups is 1. The van der Waals surface area contributed by atoms with Crippen LogP contribution in [0.25, 0.3) is 11.3 Å².